The lowest BCUT2D eigenvalue weighted by Crippen LogP contribution is -2.43. The Morgan fingerprint density at radius 2 is 2.06 bits per heavy atom. The Bertz CT molecular complexity index is 249. The van der Waals surface area contributed by atoms with Gasteiger partial charge in [0.25, 0.3) is 0 Å². The molecule has 3 heteroatoms. The highest BCUT2D eigenvalue weighted by Crippen LogP contribution is 2.39. The Morgan fingerprint density at radius 3 is 2.61 bits per heavy atom. The molecule has 1 atom stereocenters. The summed E-state index contributed by atoms with van der Waals surface area (Å²) in [6, 6.07) is 0.604. The molecule has 2 fully saturated rings. The zero-order valence-corrected chi connectivity index (χ0v) is 12.4. The summed E-state index contributed by atoms with van der Waals surface area (Å²) in [4.78, 5) is 2.63. The first kappa shape index (κ1) is 14.3. The molecule has 0 aromatic heterocycles. The van der Waals surface area contributed by atoms with Crippen molar-refractivity contribution >= 4 is 0 Å². The number of hydrogen-bond acceptors (Lipinski definition) is 3. The molecule has 0 bridgehead atoms. The summed E-state index contributed by atoms with van der Waals surface area (Å²) in [7, 11) is 1.85. The second-order valence-corrected chi connectivity index (χ2v) is 6.62. The quantitative estimate of drug-likeness (QED) is 0.787. The van der Waals surface area contributed by atoms with E-state index in [9.17, 15) is 0 Å². The molecule has 2 aliphatic rings. The van der Waals surface area contributed by atoms with Crippen LogP contribution in [-0.2, 0) is 4.74 Å². The van der Waals surface area contributed by atoms with Crippen LogP contribution in [0.4, 0.5) is 0 Å². The van der Waals surface area contributed by atoms with Crippen molar-refractivity contribution in [2.75, 3.05) is 33.3 Å². The lowest BCUT2D eigenvalue weighted by Gasteiger charge is -2.34. The van der Waals surface area contributed by atoms with Crippen LogP contribution < -0.4 is 5.32 Å². The Labute approximate surface area is 112 Å². The fourth-order valence-corrected chi connectivity index (χ4v) is 3.54. The average molecular weight is 254 g/mol. The molecule has 1 unspecified atom stereocenters. The van der Waals surface area contributed by atoms with Crippen molar-refractivity contribution in [3.63, 3.8) is 0 Å². The number of nitrogens with one attached hydrogen (secondary N) is 1. The van der Waals surface area contributed by atoms with Gasteiger partial charge in [0, 0.05) is 39.3 Å². The van der Waals surface area contributed by atoms with E-state index >= 15 is 0 Å². The predicted octanol–water partition coefficient (Wildman–Crippen LogP) is 2.27. The van der Waals surface area contributed by atoms with Gasteiger partial charge in [0.2, 0.25) is 0 Å². The highest BCUT2D eigenvalue weighted by molar-refractivity contribution is 4.91. The molecule has 106 valence electrons. The van der Waals surface area contributed by atoms with Gasteiger partial charge in [0.1, 0.15) is 0 Å². The number of likely N-dealkylation sites (tertiary alicyclic amines) is 1. The fraction of sp³-hybridized carbons (Fsp3) is 1.00. The molecule has 0 radical (unpaired) electrons. The molecule has 0 spiro atoms. The molecule has 0 amide bonds. The lowest BCUT2D eigenvalue weighted by molar-refractivity contribution is 0.0966. The predicted molar refractivity (Wildman–Crippen MR) is 75.9 cm³/mol. The highest BCUT2D eigenvalue weighted by Gasteiger charge is 2.37. The molecule has 1 aliphatic heterocycles. The summed E-state index contributed by atoms with van der Waals surface area (Å²) in [6.07, 6.45) is 7.33. The minimum atomic E-state index is 0.474. The van der Waals surface area contributed by atoms with E-state index in [2.05, 4.69) is 24.1 Å². The molecular formula is C15H30N2O. The molecular weight excluding hydrogens is 224 g/mol. The Kier molecular flexibility index (Phi) is 5.05. The summed E-state index contributed by atoms with van der Waals surface area (Å²) in [6.45, 7) is 9.33. The van der Waals surface area contributed by atoms with Crippen molar-refractivity contribution in [2.24, 2.45) is 5.41 Å². The molecule has 3 nitrogen and oxygen atoms in total. The van der Waals surface area contributed by atoms with Crippen LogP contribution in [0.5, 0.6) is 0 Å². The first-order valence-electron chi connectivity index (χ1n) is 7.62. The normalized spacial score (nSPS) is 28.3. The molecule has 1 heterocycles. The van der Waals surface area contributed by atoms with Gasteiger partial charge in [-0.05, 0) is 24.7 Å². The smallest absolute Gasteiger partial charge is 0.0710 e. The zero-order valence-electron chi connectivity index (χ0n) is 12.4. The van der Waals surface area contributed by atoms with Crippen molar-refractivity contribution in [3.05, 3.63) is 0 Å². The fourth-order valence-electron chi connectivity index (χ4n) is 3.54. The third kappa shape index (κ3) is 3.69. The van der Waals surface area contributed by atoms with E-state index in [0.29, 0.717) is 17.6 Å². The van der Waals surface area contributed by atoms with Gasteiger partial charge >= 0.3 is 0 Å². The maximum absolute atomic E-state index is 5.48. The van der Waals surface area contributed by atoms with Crippen LogP contribution in [0.2, 0.25) is 0 Å². The van der Waals surface area contributed by atoms with Crippen LogP contribution in [0.15, 0.2) is 0 Å². The monoisotopic (exact) mass is 254 g/mol. The number of nitrogens with zero attached hydrogens (tertiary/aromatic N) is 1. The standard InChI is InChI=1S/C15H30N2O/c1-13(2)16-11-15(7-4-5-8-15)12-17-9-6-14(10-17)18-3/h13-14,16H,4-12H2,1-3H3. The summed E-state index contributed by atoms with van der Waals surface area (Å²) < 4.78 is 5.48. The van der Waals surface area contributed by atoms with Crippen molar-refractivity contribution in [1.82, 2.24) is 10.2 Å². The van der Waals surface area contributed by atoms with Crippen LogP contribution >= 0.6 is 0 Å². The van der Waals surface area contributed by atoms with Gasteiger partial charge in [0.05, 0.1) is 6.10 Å². The Morgan fingerprint density at radius 1 is 1.33 bits per heavy atom. The maximum atomic E-state index is 5.48. The van der Waals surface area contributed by atoms with Crippen molar-refractivity contribution in [3.8, 4) is 0 Å². The molecule has 1 aliphatic carbocycles. The van der Waals surface area contributed by atoms with Gasteiger partial charge in [0.15, 0.2) is 0 Å². The third-order valence-electron chi connectivity index (χ3n) is 4.67. The van der Waals surface area contributed by atoms with E-state index in [1.54, 1.807) is 0 Å². The second kappa shape index (κ2) is 6.36. The summed E-state index contributed by atoms with van der Waals surface area (Å²) in [5.74, 6) is 0. The highest BCUT2D eigenvalue weighted by atomic mass is 16.5. The minimum Gasteiger partial charge on any atom is -0.380 e. The molecule has 18 heavy (non-hydrogen) atoms. The van der Waals surface area contributed by atoms with Gasteiger partial charge < -0.3 is 15.0 Å². The number of methoxy groups -OCH3 is 1. The van der Waals surface area contributed by atoms with Crippen LogP contribution in [0, 0.1) is 5.41 Å². The summed E-state index contributed by atoms with van der Waals surface area (Å²) in [5.41, 5.74) is 0.535. The van der Waals surface area contributed by atoms with Gasteiger partial charge in [-0.2, -0.15) is 0 Å². The van der Waals surface area contributed by atoms with E-state index in [1.807, 2.05) is 7.11 Å². The zero-order chi connectivity index (χ0) is 13.0. The molecule has 1 saturated carbocycles. The lowest BCUT2D eigenvalue weighted by atomic mass is 9.85. The van der Waals surface area contributed by atoms with Gasteiger partial charge in [-0.25, -0.2) is 0 Å². The van der Waals surface area contributed by atoms with Crippen LogP contribution in [0.25, 0.3) is 0 Å². The third-order valence-corrected chi connectivity index (χ3v) is 4.67. The van der Waals surface area contributed by atoms with Gasteiger partial charge in [-0.3, -0.25) is 0 Å². The van der Waals surface area contributed by atoms with Crippen LogP contribution in [0.3, 0.4) is 0 Å². The Hall–Kier alpha value is -0.120. The molecule has 0 aromatic carbocycles. The molecule has 1 saturated heterocycles. The van der Waals surface area contributed by atoms with Crippen molar-refractivity contribution < 1.29 is 4.74 Å². The summed E-state index contributed by atoms with van der Waals surface area (Å²) in [5, 5.41) is 3.67. The topological polar surface area (TPSA) is 24.5 Å². The summed E-state index contributed by atoms with van der Waals surface area (Å²) >= 11 is 0. The molecule has 1 N–H and O–H groups in total. The largest absolute Gasteiger partial charge is 0.380 e. The second-order valence-electron chi connectivity index (χ2n) is 6.62. The SMILES string of the molecule is COC1CCN(CC2(CNC(C)C)CCCC2)C1. The maximum Gasteiger partial charge on any atom is 0.0710 e. The van der Waals surface area contributed by atoms with E-state index in [-0.39, 0.29) is 0 Å². The first-order valence-corrected chi connectivity index (χ1v) is 7.62. The first-order chi connectivity index (χ1) is 8.63. The van der Waals surface area contributed by atoms with E-state index in [1.165, 1.54) is 51.7 Å². The van der Waals surface area contributed by atoms with Crippen molar-refractivity contribution in [1.29, 1.82) is 0 Å². The average Bonchev–Trinajstić information content (AvgIpc) is 2.97. The molecule has 2 rings (SSSR count). The number of ether oxygens (including phenoxy) is 1. The van der Waals surface area contributed by atoms with Gasteiger partial charge in [-0.1, -0.05) is 26.7 Å². The Balaban J connectivity index is 1.86. The van der Waals surface area contributed by atoms with E-state index in [4.69, 9.17) is 4.74 Å². The molecule has 0 aromatic rings. The van der Waals surface area contributed by atoms with Gasteiger partial charge in [-0.15, -0.1) is 0 Å². The van der Waals surface area contributed by atoms with E-state index < -0.39 is 0 Å². The van der Waals surface area contributed by atoms with Crippen LogP contribution in [0.1, 0.15) is 46.0 Å². The van der Waals surface area contributed by atoms with E-state index in [0.717, 1.165) is 6.54 Å². The van der Waals surface area contributed by atoms with Crippen molar-refractivity contribution in [2.45, 2.75) is 58.1 Å². The van der Waals surface area contributed by atoms with Crippen LogP contribution in [-0.4, -0.2) is 50.3 Å². The number of hydrogen-bond donors (Lipinski definition) is 1. The number of rotatable bonds is 6. The minimum absolute atomic E-state index is 0.474.